The van der Waals surface area contributed by atoms with E-state index in [9.17, 15) is 14.4 Å². The zero-order valence-electron chi connectivity index (χ0n) is 15.4. The number of carbonyl (C=O) groups excluding carboxylic acids is 3. The van der Waals surface area contributed by atoms with Crippen molar-refractivity contribution in [2.24, 2.45) is 5.92 Å². The average molecular weight is 392 g/mol. The number of rotatable bonds is 6. The summed E-state index contributed by atoms with van der Waals surface area (Å²) in [6, 6.07) is 4.50. The molecule has 0 radical (unpaired) electrons. The van der Waals surface area contributed by atoms with Crippen molar-refractivity contribution in [2.45, 2.75) is 32.2 Å². The van der Waals surface area contributed by atoms with E-state index in [-0.39, 0.29) is 29.5 Å². The van der Waals surface area contributed by atoms with Crippen LogP contribution in [-0.4, -0.2) is 59.4 Å². The standard InChI is InChI=1S/C19H22ClN3O4/c1-3-21(4-2)16(24)11-27-15-6-5-13(7-14(15)20)23-17(25)19-8-12(9-19)10-22(19)18(23)26/h5-7,12H,3-4,8-11H2,1-2H3. The van der Waals surface area contributed by atoms with E-state index < -0.39 is 5.54 Å². The lowest BCUT2D eigenvalue weighted by Gasteiger charge is -2.34. The number of hydrogen-bond acceptors (Lipinski definition) is 4. The van der Waals surface area contributed by atoms with Crippen molar-refractivity contribution in [2.75, 3.05) is 31.1 Å². The first kappa shape index (κ1) is 18.1. The smallest absolute Gasteiger partial charge is 0.332 e. The highest BCUT2D eigenvalue weighted by Crippen LogP contribution is 2.55. The van der Waals surface area contributed by atoms with Gasteiger partial charge in [-0.25, -0.2) is 9.69 Å². The lowest BCUT2D eigenvalue weighted by molar-refractivity contribution is -0.133. The molecule has 3 saturated heterocycles. The zero-order valence-corrected chi connectivity index (χ0v) is 16.2. The summed E-state index contributed by atoms with van der Waals surface area (Å²) >= 11 is 6.29. The monoisotopic (exact) mass is 391 g/mol. The second kappa shape index (κ2) is 6.41. The van der Waals surface area contributed by atoms with Gasteiger partial charge < -0.3 is 14.5 Å². The topological polar surface area (TPSA) is 70.2 Å². The van der Waals surface area contributed by atoms with E-state index in [4.69, 9.17) is 16.3 Å². The van der Waals surface area contributed by atoms with Gasteiger partial charge in [-0.15, -0.1) is 0 Å². The van der Waals surface area contributed by atoms with E-state index in [1.807, 2.05) is 13.8 Å². The predicted octanol–water partition coefficient (Wildman–Crippen LogP) is 2.52. The zero-order chi connectivity index (χ0) is 19.3. The minimum absolute atomic E-state index is 0.111. The number of anilines is 1. The first-order chi connectivity index (χ1) is 12.9. The van der Waals surface area contributed by atoms with Crippen molar-refractivity contribution < 1.29 is 19.1 Å². The van der Waals surface area contributed by atoms with Crippen LogP contribution in [-0.2, 0) is 9.59 Å². The molecule has 1 aromatic rings. The third-order valence-corrected chi connectivity index (χ3v) is 6.17. The first-order valence-electron chi connectivity index (χ1n) is 9.27. The minimum atomic E-state index is -0.625. The van der Waals surface area contributed by atoms with E-state index in [0.29, 0.717) is 37.0 Å². The SMILES string of the molecule is CCN(CC)C(=O)COc1ccc(N2C(=O)N3CC4CC3(C4)C2=O)cc1Cl. The Morgan fingerprint density at radius 2 is 2.00 bits per heavy atom. The summed E-state index contributed by atoms with van der Waals surface area (Å²) in [6.07, 6.45) is 1.52. The van der Waals surface area contributed by atoms with Crippen molar-refractivity contribution in [3.8, 4) is 5.75 Å². The molecular formula is C19H22ClN3O4. The number of amides is 4. The fourth-order valence-electron chi connectivity index (χ4n) is 4.43. The highest BCUT2D eigenvalue weighted by atomic mass is 35.5. The molecule has 27 heavy (non-hydrogen) atoms. The number of halogens is 1. The van der Waals surface area contributed by atoms with Crippen LogP contribution in [0.5, 0.6) is 5.75 Å². The van der Waals surface area contributed by atoms with Gasteiger partial charge in [-0.2, -0.15) is 0 Å². The Kier molecular flexibility index (Phi) is 4.29. The van der Waals surface area contributed by atoms with Crippen LogP contribution < -0.4 is 9.64 Å². The molecule has 0 atom stereocenters. The summed E-state index contributed by atoms with van der Waals surface area (Å²) in [6.45, 7) is 5.59. The van der Waals surface area contributed by atoms with Gasteiger partial charge in [0, 0.05) is 19.6 Å². The van der Waals surface area contributed by atoms with Gasteiger partial charge >= 0.3 is 6.03 Å². The third-order valence-electron chi connectivity index (χ3n) is 5.87. The molecule has 0 unspecified atom stereocenters. The van der Waals surface area contributed by atoms with Crippen LogP contribution >= 0.6 is 11.6 Å². The van der Waals surface area contributed by atoms with E-state index in [2.05, 4.69) is 0 Å². The van der Waals surface area contributed by atoms with Crippen molar-refractivity contribution >= 4 is 35.1 Å². The van der Waals surface area contributed by atoms with Gasteiger partial charge in [0.2, 0.25) is 0 Å². The Bertz CT molecular complexity index is 814. The van der Waals surface area contributed by atoms with Crippen LogP contribution in [0.1, 0.15) is 26.7 Å². The predicted molar refractivity (Wildman–Crippen MR) is 99.9 cm³/mol. The second-order valence-electron chi connectivity index (χ2n) is 7.31. The van der Waals surface area contributed by atoms with Crippen LogP contribution in [0.3, 0.4) is 0 Å². The molecule has 4 aliphatic rings. The number of hydrogen-bond donors (Lipinski definition) is 0. The molecule has 1 spiro atoms. The van der Waals surface area contributed by atoms with Gasteiger partial charge in [0.15, 0.2) is 6.61 Å². The summed E-state index contributed by atoms with van der Waals surface area (Å²) in [7, 11) is 0. The molecule has 1 aromatic carbocycles. The van der Waals surface area contributed by atoms with Crippen LogP contribution in [0.25, 0.3) is 0 Å². The second-order valence-corrected chi connectivity index (χ2v) is 7.72. The van der Waals surface area contributed by atoms with Crippen LogP contribution in [0.15, 0.2) is 18.2 Å². The summed E-state index contributed by atoms with van der Waals surface area (Å²) < 4.78 is 5.53. The van der Waals surface area contributed by atoms with Gasteiger partial charge in [-0.1, -0.05) is 11.6 Å². The highest BCUT2D eigenvalue weighted by Gasteiger charge is 2.69. The molecule has 4 amide bonds. The van der Waals surface area contributed by atoms with E-state index in [1.165, 1.54) is 4.90 Å². The lowest BCUT2D eigenvalue weighted by atomic mass is 9.73. The van der Waals surface area contributed by atoms with Gasteiger partial charge in [0.1, 0.15) is 11.3 Å². The lowest BCUT2D eigenvalue weighted by Crippen LogP contribution is -2.49. The Balaban J connectivity index is 1.49. The Labute approximate surface area is 162 Å². The molecule has 5 rings (SSSR count). The number of benzene rings is 1. The normalized spacial score (nSPS) is 25.5. The number of carbonyl (C=O) groups is 3. The summed E-state index contributed by atoms with van der Waals surface area (Å²) in [4.78, 5) is 42.2. The number of likely N-dealkylation sites (N-methyl/N-ethyl adjacent to an activating group) is 1. The van der Waals surface area contributed by atoms with Gasteiger partial charge in [0.25, 0.3) is 11.8 Å². The van der Waals surface area contributed by atoms with Gasteiger partial charge in [-0.3, -0.25) is 9.59 Å². The molecular weight excluding hydrogens is 370 g/mol. The maximum absolute atomic E-state index is 12.8. The molecule has 1 aliphatic carbocycles. The van der Waals surface area contributed by atoms with Gasteiger partial charge in [0.05, 0.1) is 10.7 Å². The molecule has 4 fully saturated rings. The average Bonchev–Trinajstić information content (AvgIpc) is 3.24. The Morgan fingerprint density at radius 3 is 2.59 bits per heavy atom. The number of nitrogens with zero attached hydrogens (tertiary/aromatic N) is 3. The summed E-state index contributed by atoms with van der Waals surface area (Å²) in [5.74, 6) is 0.525. The largest absolute Gasteiger partial charge is 0.482 e. The van der Waals surface area contributed by atoms with E-state index in [1.54, 1.807) is 28.0 Å². The van der Waals surface area contributed by atoms with Crippen molar-refractivity contribution in [1.82, 2.24) is 9.80 Å². The van der Waals surface area contributed by atoms with E-state index >= 15 is 0 Å². The maximum Gasteiger partial charge on any atom is 0.332 e. The number of ether oxygens (including phenoxy) is 1. The van der Waals surface area contributed by atoms with E-state index in [0.717, 1.165) is 12.8 Å². The van der Waals surface area contributed by atoms with Crippen molar-refractivity contribution in [1.29, 1.82) is 0 Å². The Morgan fingerprint density at radius 1 is 1.30 bits per heavy atom. The molecule has 2 bridgehead atoms. The quantitative estimate of drug-likeness (QED) is 0.699. The highest BCUT2D eigenvalue weighted by molar-refractivity contribution is 6.33. The molecule has 1 saturated carbocycles. The fraction of sp³-hybridized carbons (Fsp3) is 0.526. The summed E-state index contributed by atoms with van der Waals surface area (Å²) in [5, 5.41) is 0.261. The number of urea groups is 1. The van der Waals surface area contributed by atoms with Crippen LogP contribution in [0.4, 0.5) is 10.5 Å². The number of imide groups is 1. The molecule has 7 nitrogen and oxygen atoms in total. The molecule has 144 valence electrons. The first-order valence-corrected chi connectivity index (χ1v) is 9.65. The van der Waals surface area contributed by atoms with Gasteiger partial charge in [-0.05, 0) is 50.8 Å². The molecule has 3 aliphatic heterocycles. The van der Waals surface area contributed by atoms with Crippen LogP contribution in [0, 0.1) is 5.92 Å². The Hall–Kier alpha value is -2.28. The molecule has 3 heterocycles. The van der Waals surface area contributed by atoms with Crippen molar-refractivity contribution in [3.63, 3.8) is 0 Å². The maximum atomic E-state index is 12.8. The minimum Gasteiger partial charge on any atom is -0.482 e. The summed E-state index contributed by atoms with van der Waals surface area (Å²) in [5.41, 5.74) is -0.191. The molecule has 0 N–H and O–H groups in total. The van der Waals surface area contributed by atoms with Crippen LogP contribution in [0.2, 0.25) is 5.02 Å². The van der Waals surface area contributed by atoms with Crippen molar-refractivity contribution in [3.05, 3.63) is 23.2 Å². The fourth-order valence-corrected chi connectivity index (χ4v) is 4.65. The molecule has 0 aromatic heterocycles. The third kappa shape index (κ3) is 2.59. The molecule has 8 heteroatoms.